The van der Waals surface area contributed by atoms with Gasteiger partial charge in [-0.25, -0.2) is 14.8 Å². The van der Waals surface area contributed by atoms with Crippen LogP contribution < -0.4 is 5.32 Å². The van der Waals surface area contributed by atoms with Gasteiger partial charge in [0.15, 0.2) is 0 Å². The van der Waals surface area contributed by atoms with Gasteiger partial charge in [0, 0.05) is 0 Å². The Bertz CT molecular complexity index is 818. The SMILES string of the molecule is Cc1nc2ccccc2nc1CN1C(=O)N[C@@](C)(CC(C)C)C1=O. The molecule has 6 heteroatoms. The normalized spacial score (nSPS) is 21.0. The van der Waals surface area contributed by atoms with E-state index in [2.05, 4.69) is 15.3 Å². The number of aromatic nitrogens is 2. The summed E-state index contributed by atoms with van der Waals surface area (Å²) in [5, 5.41) is 2.83. The molecule has 6 nitrogen and oxygen atoms in total. The van der Waals surface area contributed by atoms with E-state index in [1.165, 1.54) is 4.90 Å². The lowest BCUT2D eigenvalue weighted by molar-refractivity contribution is -0.131. The zero-order valence-electron chi connectivity index (χ0n) is 14.5. The summed E-state index contributed by atoms with van der Waals surface area (Å²) in [5.74, 6) is 0.108. The quantitative estimate of drug-likeness (QED) is 0.877. The predicted octanol–water partition coefficient (Wildman–Crippen LogP) is 2.79. The van der Waals surface area contributed by atoms with Crippen LogP contribution in [0.4, 0.5) is 4.79 Å². The van der Waals surface area contributed by atoms with E-state index in [0.717, 1.165) is 16.7 Å². The number of benzene rings is 1. The molecule has 0 bridgehead atoms. The first kappa shape index (κ1) is 16.4. The van der Waals surface area contributed by atoms with Gasteiger partial charge in [-0.3, -0.25) is 9.69 Å². The van der Waals surface area contributed by atoms with Crippen LogP contribution in [-0.4, -0.2) is 32.3 Å². The fourth-order valence-corrected chi connectivity index (χ4v) is 3.27. The van der Waals surface area contributed by atoms with Crippen molar-refractivity contribution in [2.75, 3.05) is 0 Å². The molecule has 1 saturated heterocycles. The molecular weight excluding hydrogens is 304 g/mol. The number of hydrogen-bond acceptors (Lipinski definition) is 4. The summed E-state index contributed by atoms with van der Waals surface area (Å²) in [6.45, 7) is 7.84. The molecule has 1 aliphatic rings. The number of fused-ring (bicyclic) bond motifs is 1. The first-order valence-electron chi connectivity index (χ1n) is 8.16. The van der Waals surface area contributed by atoms with E-state index < -0.39 is 5.54 Å². The summed E-state index contributed by atoms with van der Waals surface area (Å²) in [6, 6.07) is 7.21. The number of carbonyl (C=O) groups excluding carboxylic acids is 2. The van der Waals surface area contributed by atoms with E-state index in [9.17, 15) is 9.59 Å². The van der Waals surface area contributed by atoms with E-state index >= 15 is 0 Å². The molecular formula is C18H22N4O2. The number of imide groups is 1. The highest BCUT2D eigenvalue weighted by atomic mass is 16.2. The molecule has 2 aromatic rings. The predicted molar refractivity (Wildman–Crippen MR) is 91.2 cm³/mol. The van der Waals surface area contributed by atoms with Crippen molar-refractivity contribution in [2.24, 2.45) is 5.92 Å². The lowest BCUT2D eigenvalue weighted by Gasteiger charge is -2.23. The molecule has 1 N–H and O–H groups in total. The number of nitrogens with one attached hydrogen (secondary N) is 1. The molecule has 1 aliphatic heterocycles. The Kier molecular flexibility index (Phi) is 3.99. The highest BCUT2D eigenvalue weighted by molar-refractivity contribution is 6.06. The van der Waals surface area contributed by atoms with Crippen LogP contribution in [0.1, 0.15) is 38.6 Å². The first-order chi connectivity index (χ1) is 11.3. The number of para-hydroxylation sites is 2. The number of amides is 3. The zero-order valence-corrected chi connectivity index (χ0v) is 14.5. The Morgan fingerprint density at radius 3 is 2.42 bits per heavy atom. The van der Waals surface area contributed by atoms with Crippen molar-refractivity contribution in [3.63, 3.8) is 0 Å². The Balaban J connectivity index is 1.90. The summed E-state index contributed by atoms with van der Waals surface area (Å²) in [5.41, 5.74) is 2.09. The van der Waals surface area contributed by atoms with Crippen molar-refractivity contribution in [1.82, 2.24) is 20.2 Å². The van der Waals surface area contributed by atoms with Gasteiger partial charge in [0.1, 0.15) is 5.54 Å². The lowest BCUT2D eigenvalue weighted by atomic mass is 9.91. The number of rotatable bonds is 4. The van der Waals surface area contributed by atoms with Gasteiger partial charge in [0.2, 0.25) is 0 Å². The standard InChI is InChI=1S/C18H22N4O2/c1-11(2)9-18(4)16(23)22(17(24)21-18)10-15-12(3)19-13-7-5-6-8-14(13)20-15/h5-8,11H,9-10H2,1-4H3,(H,21,24)/t18-/m0/s1. The minimum absolute atomic E-state index is 0.141. The number of urea groups is 1. The van der Waals surface area contributed by atoms with Crippen molar-refractivity contribution in [3.8, 4) is 0 Å². The number of carbonyl (C=O) groups is 2. The summed E-state index contributed by atoms with van der Waals surface area (Å²) < 4.78 is 0. The Morgan fingerprint density at radius 1 is 1.17 bits per heavy atom. The van der Waals surface area contributed by atoms with Crippen molar-refractivity contribution < 1.29 is 9.59 Å². The molecule has 3 amide bonds. The van der Waals surface area contributed by atoms with E-state index in [-0.39, 0.29) is 18.5 Å². The van der Waals surface area contributed by atoms with E-state index in [1.54, 1.807) is 6.92 Å². The zero-order chi connectivity index (χ0) is 17.5. The van der Waals surface area contributed by atoms with Crippen molar-refractivity contribution in [1.29, 1.82) is 0 Å². The maximum atomic E-state index is 12.7. The van der Waals surface area contributed by atoms with Gasteiger partial charge >= 0.3 is 6.03 Å². The summed E-state index contributed by atoms with van der Waals surface area (Å²) in [7, 11) is 0. The third-order valence-electron chi connectivity index (χ3n) is 4.31. The van der Waals surface area contributed by atoms with Gasteiger partial charge < -0.3 is 5.32 Å². The second-order valence-corrected chi connectivity index (χ2v) is 7.00. The van der Waals surface area contributed by atoms with Crippen LogP contribution in [0.3, 0.4) is 0 Å². The van der Waals surface area contributed by atoms with Crippen molar-refractivity contribution >= 4 is 23.0 Å². The average Bonchev–Trinajstić information content (AvgIpc) is 2.70. The average molecular weight is 326 g/mol. The third kappa shape index (κ3) is 2.84. The van der Waals surface area contributed by atoms with E-state index in [0.29, 0.717) is 18.0 Å². The van der Waals surface area contributed by atoms with Gasteiger partial charge in [-0.05, 0) is 38.3 Å². The Labute approximate surface area is 141 Å². The van der Waals surface area contributed by atoms with Crippen LogP contribution in [-0.2, 0) is 11.3 Å². The minimum atomic E-state index is -0.844. The molecule has 1 aromatic heterocycles. The molecule has 1 atom stereocenters. The van der Waals surface area contributed by atoms with Crippen LogP contribution in [0.2, 0.25) is 0 Å². The smallest absolute Gasteiger partial charge is 0.323 e. The largest absolute Gasteiger partial charge is 0.325 e. The van der Waals surface area contributed by atoms with Gasteiger partial charge in [0.25, 0.3) is 5.91 Å². The second kappa shape index (κ2) is 5.85. The molecule has 3 rings (SSSR count). The highest BCUT2D eigenvalue weighted by Crippen LogP contribution is 2.26. The fourth-order valence-electron chi connectivity index (χ4n) is 3.27. The van der Waals surface area contributed by atoms with Crippen LogP contribution in [0, 0.1) is 12.8 Å². The first-order valence-corrected chi connectivity index (χ1v) is 8.16. The molecule has 0 aliphatic carbocycles. The molecule has 2 heterocycles. The lowest BCUT2D eigenvalue weighted by Crippen LogP contribution is -2.44. The number of hydrogen-bond donors (Lipinski definition) is 1. The minimum Gasteiger partial charge on any atom is -0.323 e. The Hall–Kier alpha value is -2.50. The van der Waals surface area contributed by atoms with Gasteiger partial charge in [-0.1, -0.05) is 26.0 Å². The monoisotopic (exact) mass is 326 g/mol. The van der Waals surface area contributed by atoms with Crippen LogP contribution in [0.15, 0.2) is 24.3 Å². The number of aryl methyl sites for hydroxylation is 1. The molecule has 0 spiro atoms. The molecule has 0 radical (unpaired) electrons. The number of nitrogens with zero attached hydrogens (tertiary/aromatic N) is 3. The van der Waals surface area contributed by atoms with Crippen LogP contribution in [0.5, 0.6) is 0 Å². The maximum Gasteiger partial charge on any atom is 0.325 e. The van der Waals surface area contributed by atoms with Gasteiger partial charge in [-0.2, -0.15) is 0 Å². The van der Waals surface area contributed by atoms with Crippen LogP contribution >= 0.6 is 0 Å². The summed E-state index contributed by atoms with van der Waals surface area (Å²) in [6.07, 6.45) is 0.608. The highest BCUT2D eigenvalue weighted by Gasteiger charge is 2.47. The van der Waals surface area contributed by atoms with Crippen molar-refractivity contribution in [2.45, 2.75) is 46.2 Å². The fraction of sp³-hybridized carbons (Fsp3) is 0.444. The van der Waals surface area contributed by atoms with Crippen LogP contribution in [0.25, 0.3) is 11.0 Å². The molecule has 1 aromatic carbocycles. The Morgan fingerprint density at radius 2 is 1.79 bits per heavy atom. The van der Waals surface area contributed by atoms with E-state index in [1.807, 2.05) is 45.0 Å². The van der Waals surface area contributed by atoms with E-state index in [4.69, 9.17) is 0 Å². The second-order valence-electron chi connectivity index (χ2n) is 7.00. The maximum absolute atomic E-state index is 12.7. The molecule has 0 saturated carbocycles. The van der Waals surface area contributed by atoms with Gasteiger partial charge in [0.05, 0.1) is 29.0 Å². The molecule has 1 fully saturated rings. The summed E-state index contributed by atoms with van der Waals surface area (Å²) >= 11 is 0. The topological polar surface area (TPSA) is 75.2 Å². The van der Waals surface area contributed by atoms with Gasteiger partial charge in [-0.15, -0.1) is 0 Å². The molecule has 24 heavy (non-hydrogen) atoms. The van der Waals surface area contributed by atoms with Crippen molar-refractivity contribution in [3.05, 3.63) is 35.7 Å². The molecule has 0 unspecified atom stereocenters. The third-order valence-corrected chi connectivity index (χ3v) is 4.31. The summed E-state index contributed by atoms with van der Waals surface area (Å²) in [4.78, 5) is 35.4. The molecule has 126 valence electrons.